The normalized spacial score (nSPS) is 11.9. The second-order valence-corrected chi connectivity index (χ2v) is 9.65. The summed E-state index contributed by atoms with van der Waals surface area (Å²) in [4.78, 5) is 18.1. The quantitative estimate of drug-likeness (QED) is 0.221. The van der Waals surface area contributed by atoms with Crippen LogP contribution in [0.4, 0.5) is 0 Å². The van der Waals surface area contributed by atoms with Crippen LogP contribution in [0.15, 0.2) is 60.7 Å². The molecule has 4 aromatic rings. The maximum absolute atomic E-state index is 13.3. The molecule has 8 heteroatoms. The van der Waals surface area contributed by atoms with Crippen molar-refractivity contribution in [1.29, 1.82) is 0 Å². The maximum Gasteiger partial charge on any atom is 0.252 e. The highest BCUT2D eigenvalue weighted by atomic mass is 16.5. The van der Waals surface area contributed by atoms with E-state index in [2.05, 4.69) is 35.9 Å². The predicted octanol–water partition coefficient (Wildman–Crippen LogP) is 6.15. The number of hydrogen-bond donors (Lipinski definition) is 1. The van der Waals surface area contributed by atoms with Crippen molar-refractivity contribution in [1.82, 2.24) is 14.9 Å². The van der Waals surface area contributed by atoms with Crippen molar-refractivity contribution in [2.45, 2.75) is 45.7 Å². The van der Waals surface area contributed by atoms with Crippen molar-refractivity contribution < 1.29 is 23.7 Å². The second kappa shape index (κ2) is 12.6. The number of amides is 1. The van der Waals surface area contributed by atoms with E-state index >= 15 is 0 Å². The van der Waals surface area contributed by atoms with Crippen LogP contribution in [0, 0.1) is 0 Å². The van der Waals surface area contributed by atoms with Gasteiger partial charge in [0.25, 0.3) is 5.91 Å². The van der Waals surface area contributed by atoms with Gasteiger partial charge in [0.05, 0.1) is 45.0 Å². The highest BCUT2D eigenvalue weighted by Gasteiger charge is 2.22. The molecule has 0 radical (unpaired) electrons. The molecule has 1 heterocycles. The Morgan fingerprint density at radius 1 is 0.923 bits per heavy atom. The van der Waals surface area contributed by atoms with E-state index in [1.165, 1.54) is 26.9 Å². The van der Waals surface area contributed by atoms with E-state index in [-0.39, 0.29) is 11.9 Å². The van der Waals surface area contributed by atoms with Gasteiger partial charge in [-0.1, -0.05) is 38.1 Å². The fraction of sp³-hybridized carbons (Fsp3) is 0.355. The molecule has 0 saturated carbocycles. The van der Waals surface area contributed by atoms with Crippen LogP contribution in [0.1, 0.15) is 60.9 Å². The van der Waals surface area contributed by atoms with E-state index in [9.17, 15) is 4.79 Å². The number of aryl methyl sites for hydroxylation is 1. The third-order valence-electron chi connectivity index (χ3n) is 6.69. The van der Waals surface area contributed by atoms with Crippen molar-refractivity contribution >= 4 is 16.9 Å². The van der Waals surface area contributed by atoms with Gasteiger partial charge in [0.1, 0.15) is 11.6 Å². The summed E-state index contributed by atoms with van der Waals surface area (Å²) in [6.07, 6.45) is 0.785. The van der Waals surface area contributed by atoms with Gasteiger partial charge in [0.2, 0.25) is 5.75 Å². The van der Waals surface area contributed by atoms with E-state index < -0.39 is 0 Å². The van der Waals surface area contributed by atoms with Gasteiger partial charge in [0, 0.05) is 12.1 Å². The van der Waals surface area contributed by atoms with Crippen LogP contribution in [0.25, 0.3) is 11.0 Å². The number of rotatable bonds is 12. The number of methoxy groups -OCH3 is 3. The first kappa shape index (κ1) is 27.8. The van der Waals surface area contributed by atoms with E-state index in [1.54, 1.807) is 12.1 Å². The van der Waals surface area contributed by atoms with E-state index in [4.69, 9.17) is 23.9 Å². The molecule has 0 aliphatic rings. The van der Waals surface area contributed by atoms with Gasteiger partial charge in [-0.05, 0) is 61.2 Å². The zero-order valence-electron chi connectivity index (χ0n) is 23.5. The van der Waals surface area contributed by atoms with E-state index in [0.717, 1.165) is 29.0 Å². The van der Waals surface area contributed by atoms with Crippen molar-refractivity contribution in [2.75, 3.05) is 27.9 Å². The average molecular weight is 532 g/mol. The monoisotopic (exact) mass is 531 g/mol. The Labute approximate surface area is 229 Å². The largest absolute Gasteiger partial charge is 0.494 e. The first-order valence-corrected chi connectivity index (χ1v) is 13.1. The lowest BCUT2D eigenvalue weighted by molar-refractivity contribution is 0.0936. The summed E-state index contributed by atoms with van der Waals surface area (Å²) >= 11 is 0. The van der Waals surface area contributed by atoms with Gasteiger partial charge in [-0.25, -0.2) is 4.98 Å². The number of carbonyl (C=O) groups excluding carboxylic acids is 1. The lowest BCUT2D eigenvalue weighted by Gasteiger charge is -2.18. The predicted molar refractivity (Wildman–Crippen MR) is 152 cm³/mol. The number of nitrogens with zero attached hydrogens (tertiary/aromatic N) is 2. The Balaban J connectivity index is 1.49. The zero-order chi connectivity index (χ0) is 27.9. The number of hydrogen-bond acceptors (Lipinski definition) is 6. The van der Waals surface area contributed by atoms with Crippen LogP contribution in [-0.2, 0) is 6.54 Å². The van der Waals surface area contributed by atoms with Gasteiger partial charge in [-0.15, -0.1) is 0 Å². The van der Waals surface area contributed by atoms with Crippen LogP contribution in [0.5, 0.6) is 23.0 Å². The minimum Gasteiger partial charge on any atom is -0.494 e. The second-order valence-electron chi connectivity index (χ2n) is 9.65. The lowest BCUT2D eigenvalue weighted by atomic mass is 10.0. The first-order valence-electron chi connectivity index (χ1n) is 13.1. The number of carbonyl (C=O) groups is 1. The fourth-order valence-corrected chi connectivity index (χ4v) is 4.58. The molecule has 8 nitrogen and oxygen atoms in total. The summed E-state index contributed by atoms with van der Waals surface area (Å²) < 4.78 is 24.3. The van der Waals surface area contributed by atoms with E-state index in [0.29, 0.717) is 41.9 Å². The Hall–Kier alpha value is -4.20. The minimum atomic E-state index is -0.353. The number of nitrogens with one attached hydrogen (secondary N) is 1. The SMILES string of the molecule is COc1cc(C(=O)NC(C)c2nc3ccccc3n2CCCOc2ccc(C(C)C)cc2)cc(OC)c1OC. The molecule has 39 heavy (non-hydrogen) atoms. The molecule has 0 saturated heterocycles. The number of benzene rings is 3. The molecular formula is C31H37N3O5. The van der Waals surface area contributed by atoms with Crippen LogP contribution in [0.2, 0.25) is 0 Å². The van der Waals surface area contributed by atoms with Crippen LogP contribution in [0.3, 0.4) is 0 Å². The maximum atomic E-state index is 13.3. The molecule has 3 aromatic carbocycles. The Bertz CT molecular complexity index is 1390. The fourth-order valence-electron chi connectivity index (χ4n) is 4.58. The summed E-state index contributed by atoms with van der Waals surface area (Å²) in [5.74, 6) is 3.13. The molecule has 206 valence electrons. The van der Waals surface area contributed by atoms with Crippen molar-refractivity contribution in [2.24, 2.45) is 0 Å². The molecule has 1 amide bonds. The molecule has 0 bridgehead atoms. The summed E-state index contributed by atoms with van der Waals surface area (Å²) in [6, 6.07) is 19.2. The molecule has 0 aliphatic heterocycles. The standard InChI is InChI=1S/C31H37N3O5/c1-20(2)22-12-14-24(15-13-22)39-17-9-16-34-26-11-8-7-10-25(26)33-30(34)21(3)32-31(35)23-18-27(36-4)29(38-6)28(19-23)37-5/h7-8,10-15,18-21H,9,16-17H2,1-6H3,(H,32,35). The third-order valence-corrected chi connectivity index (χ3v) is 6.69. The van der Waals surface area contributed by atoms with Crippen LogP contribution >= 0.6 is 0 Å². The molecular weight excluding hydrogens is 494 g/mol. The van der Waals surface area contributed by atoms with Gasteiger partial charge < -0.3 is 28.8 Å². The highest BCUT2D eigenvalue weighted by Crippen LogP contribution is 2.38. The van der Waals surface area contributed by atoms with Crippen LogP contribution in [-0.4, -0.2) is 43.4 Å². The Morgan fingerprint density at radius 2 is 1.59 bits per heavy atom. The molecule has 1 aromatic heterocycles. The minimum absolute atomic E-state index is 0.270. The smallest absolute Gasteiger partial charge is 0.252 e. The Morgan fingerprint density at radius 3 is 2.21 bits per heavy atom. The van der Waals surface area contributed by atoms with Gasteiger partial charge in [-0.3, -0.25) is 4.79 Å². The molecule has 4 rings (SSSR count). The zero-order valence-corrected chi connectivity index (χ0v) is 23.5. The average Bonchev–Trinajstić information content (AvgIpc) is 3.33. The first-order chi connectivity index (χ1) is 18.9. The highest BCUT2D eigenvalue weighted by molar-refractivity contribution is 5.96. The molecule has 1 unspecified atom stereocenters. The van der Waals surface area contributed by atoms with Gasteiger partial charge >= 0.3 is 0 Å². The van der Waals surface area contributed by atoms with Gasteiger partial charge in [0.15, 0.2) is 11.5 Å². The molecule has 0 spiro atoms. The number of para-hydroxylation sites is 2. The number of ether oxygens (including phenoxy) is 4. The third kappa shape index (κ3) is 6.28. The summed E-state index contributed by atoms with van der Waals surface area (Å²) in [7, 11) is 4.57. The number of fused-ring (bicyclic) bond motifs is 1. The van der Waals surface area contributed by atoms with E-state index in [1.807, 2.05) is 43.3 Å². The van der Waals surface area contributed by atoms with Crippen LogP contribution < -0.4 is 24.3 Å². The van der Waals surface area contributed by atoms with Crippen molar-refractivity contribution in [3.8, 4) is 23.0 Å². The topological polar surface area (TPSA) is 83.8 Å². The van der Waals surface area contributed by atoms with Gasteiger partial charge in [-0.2, -0.15) is 0 Å². The Kier molecular flexibility index (Phi) is 8.96. The number of imidazole rings is 1. The molecule has 0 aliphatic carbocycles. The number of aromatic nitrogens is 2. The molecule has 0 fully saturated rings. The molecule has 1 N–H and O–H groups in total. The summed E-state index contributed by atoms with van der Waals surface area (Å²) in [5, 5.41) is 3.08. The summed E-state index contributed by atoms with van der Waals surface area (Å²) in [5.41, 5.74) is 3.59. The lowest BCUT2D eigenvalue weighted by Crippen LogP contribution is -2.29. The molecule has 1 atom stereocenters. The summed E-state index contributed by atoms with van der Waals surface area (Å²) in [6.45, 7) is 7.55. The van der Waals surface area contributed by atoms with Crippen molar-refractivity contribution in [3.05, 3.63) is 77.6 Å². The van der Waals surface area contributed by atoms with Crippen molar-refractivity contribution in [3.63, 3.8) is 0 Å².